The van der Waals surface area contributed by atoms with Gasteiger partial charge in [-0.15, -0.1) is 0 Å². The summed E-state index contributed by atoms with van der Waals surface area (Å²) in [4.78, 5) is 30.0. The molecule has 2 amide bonds. The lowest BCUT2D eigenvalue weighted by molar-refractivity contribution is -0.130. The van der Waals surface area contributed by atoms with Crippen LogP contribution in [0, 0.1) is 0 Å². The second-order valence-corrected chi connectivity index (χ2v) is 9.19. The summed E-state index contributed by atoms with van der Waals surface area (Å²) in [5.41, 5.74) is 2.65. The Kier molecular flexibility index (Phi) is 7.23. The summed E-state index contributed by atoms with van der Waals surface area (Å²) in [6, 6.07) is 21.9. The molecule has 2 heterocycles. The lowest BCUT2D eigenvalue weighted by Crippen LogP contribution is -2.37. The fraction of sp³-hybridized carbons (Fsp3) is 0.250. The molecule has 3 aromatic rings. The number of rotatable bonds is 9. The minimum atomic E-state index is -0.716. The fourth-order valence-corrected chi connectivity index (χ4v) is 4.83. The summed E-state index contributed by atoms with van der Waals surface area (Å²) in [5.74, 6) is 1.59. The standard InChI is InChI=1S/C28H27N3O5S/c1-34-22-10-8-21(9-11-22)29-26(32)16-23-27(33)30(14-13-19-5-3-2-4-6-19)28(37)31(23)17-20-7-12-24-25(15-20)36-18-35-24/h2-12,15,23H,13-14,16-18H2,1H3,(H,29,32). The third-order valence-electron chi connectivity index (χ3n) is 6.41. The molecule has 0 saturated carbocycles. The summed E-state index contributed by atoms with van der Waals surface area (Å²) in [5, 5.41) is 3.29. The van der Waals surface area contributed by atoms with E-state index in [1.807, 2.05) is 53.4 Å². The van der Waals surface area contributed by atoms with Crippen LogP contribution in [0.5, 0.6) is 17.2 Å². The zero-order valence-electron chi connectivity index (χ0n) is 20.4. The number of methoxy groups -OCH3 is 1. The van der Waals surface area contributed by atoms with Crippen molar-refractivity contribution in [3.8, 4) is 17.2 Å². The highest BCUT2D eigenvalue weighted by molar-refractivity contribution is 7.80. The molecular formula is C28H27N3O5S. The zero-order valence-corrected chi connectivity index (χ0v) is 21.2. The first-order valence-corrected chi connectivity index (χ1v) is 12.4. The van der Waals surface area contributed by atoms with E-state index in [4.69, 9.17) is 26.4 Å². The van der Waals surface area contributed by atoms with E-state index in [1.165, 1.54) is 0 Å². The van der Waals surface area contributed by atoms with Gasteiger partial charge >= 0.3 is 0 Å². The summed E-state index contributed by atoms with van der Waals surface area (Å²) in [7, 11) is 1.58. The van der Waals surface area contributed by atoms with E-state index >= 15 is 0 Å². The predicted molar refractivity (Wildman–Crippen MR) is 143 cm³/mol. The Balaban J connectivity index is 1.33. The number of hydrogen-bond donors (Lipinski definition) is 1. The van der Waals surface area contributed by atoms with E-state index in [0.717, 1.165) is 11.1 Å². The zero-order chi connectivity index (χ0) is 25.8. The highest BCUT2D eigenvalue weighted by atomic mass is 32.1. The summed E-state index contributed by atoms with van der Waals surface area (Å²) >= 11 is 5.77. The molecule has 5 rings (SSSR count). The minimum Gasteiger partial charge on any atom is -0.497 e. The van der Waals surface area contributed by atoms with Crippen LogP contribution in [-0.2, 0) is 22.6 Å². The largest absolute Gasteiger partial charge is 0.497 e. The number of hydrogen-bond acceptors (Lipinski definition) is 6. The average molecular weight is 518 g/mol. The number of anilines is 1. The topological polar surface area (TPSA) is 80.3 Å². The highest BCUT2D eigenvalue weighted by Crippen LogP contribution is 2.34. The number of carbonyl (C=O) groups excluding carboxylic acids is 2. The molecule has 190 valence electrons. The Labute approximate surface area is 220 Å². The number of ether oxygens (including phenoxy) is 3. The van der Waals surface area contributed by atoms with E-state index in [9.17, 15) is 9.59 Å². The van der Waals surface area contributed by atoms with E-state index in [1.54, 1.807) is 36.3 Å². The SMILES string of the molecule is COc1ccc(NC(=O)CC2C(=O)N(CCc3ccccc3)C(=S)N2Cc2ccc3c(c2)OCO3)cc1. The molecule has 2 aliphatic rings. The molecule has 8 nitrogen and oxygen atoms in total. The first-order valence-electron chi connectivity index (χ1n) is 12.0. The van der Waals surface area contributed by atoms with Crippen molar-refractivity contribution in [1.82, 2.24) is 9.80 Å². The minimum absolute atomic E-state index is 0.0304. The predicted octanol–water partition coefficient (Wildman–Crippen LogP) is 3.99. The third kappa shape index (κ3) is 5.51. The Morgan fingerprint density at radius 3 is 2.54 bits per heavy atom. The van der Waals surface area contributed by atoms with E-state index < -0.39 is 6.04 Å². The Bertz CT molecular complexity index is 1300. The van der Waals surface area contributed by atoms with Crippen LogP contribution in [0.15, 0.2) is 72.8 Å². The molecule has 1 N–H and O–H groups in total. The smallest absolute Gasteiger partial charge is 0.252 e. The molecule has 2 aliphatic heterocycles. The monoisotopic (exact) mass is 517 g/mol. The molecule has 0 spiro atoms. The maximum atomic E-state index is 13.6. The number of nitrogens with one attached hydrogen (secondary N) is 1. The van der Waals surface area contributed by atoms with E-state index in [0.29, 0.717) is 47.6 Å². The number of carbonyl (C=O) groups is 2. The maximum absolute atomic E-state index is 13.6. The van der Waals surface area contributed by atoms with Gasteiger partial charge in [0.2, 0.25) is 12.7 Å². The summed E-state index contributed by atoms with van der Waals surface area (Å²) in [6.45, 7) is 0.986. The van der Waals surface area contributed by atoms with Crippen LogP contribution in [0.2, 0.25) is 0 Å². The van der Waals surface area contributed by atoms with E-state index in [-0.39, 0.29) is 25.0 Å². The van der Waals surface area contributed by atoms with Crippen molar-refractivity contribution in [2.24, 2.45) is 0 Å². The maximum Gasteiger partial charge on any atom is 0.252 e. The second kappa shape index (κ2) is 10.9. The van der Waals surface area contributed by atoms with Crippen LogP contribution in [0.3, 0.4) is 0 Å². The number of thiocarbonyl (C=S) groups is 1. The molecule has 0 aliphatic carbocycles. The molecule has 37 heavy (non-hydrogen) atoms. The number of fused-ring (bicyclic) bond motifs is 1. The molecule has 1 fully saturated rings. The molecule has 1 atom stereocenters. The third-order valence-corrected chi connectivity index (χ3v) is 6.87. The molecule has 0 radical (unpaired) electrons. The number of benzene rings is 3. The van der Waals surface area contributed by atoms with Gasteiger partial charge in [0.15, 0.2) is 16.6 Å². The van der Waals surface area contributed by atoms with Gasteiger partial charge in [-0.1, -0.05) is 36.4 Å². The molecule has 1 unspecified atom stereocenters. The number of nitrogens with zero attached hydrogens (tertiary/aromatic N) is 2. The van der Waals surface area contributed by atoms with Crippen LogP contribution >= 0.6 is 12.2 Å². The van der Waals surface area contributed by atoms with Gasteiger partial charge < -0.3 is 24.4 Å². The first-order chi connectivity index (χ1) is 18.0. The van der Waals surface area contributed by atoms with Gasteiger partial charge in [-0.05, 0) is 66.2 Å². The quantitative estimate of drug-likeness (QED) is 0.430. The number of amides is 2. The van der Waals surface area contributed by atoms with Crippen molar-refractivity contribution in [1.29, 1.82) is 0 Å². The molecule has 3 aromatic carbocycles. The fourth-order valence-electron chi connectivity index (χ4n) is 4.46. The first kappa shape index (κ1) is 24.6. The van der Waals surface area contributed by atoms with Crippen molar-refractivity contribution in [2.45, 2.75) is 25.4 Å². The van der Waals surface area contributed by atoms with Crippen LogP contribution < -0.4 is 19.5 Å². The van der Waals surface area contributed by atoms with Gasteiger partial charge in [-0.3, -0.25) is 14.5 Å². The lowest BCUT2D eigenvalue weighted by Gasteiger charge is -2.24. The molecular weight excluding hydrogens is 490 g/mol. The van der Waals surface area contributed by atoms with Crippen molar-refractivity contribution in [2.75, 3.05) is 25.8 Å². The van der Waals surface area contributed by atoms with Crippen LogP contribution in [0.1, 0.15) is 17.5 Å². The van der Waals surface area contributed by atoms with E-state index in [2.05, 4.69) is 5.32 Å². The van der Waals surface area contributed by atoms with Gasteiger partial charge in [-0.2, -0.15) is 0 Å². The van der Waals surface area contributed by atoms with Crippen molar-refractivity contribution in [3.05, 3.63) is 83.9 Å². The normalized spacial score (nSPS) is 16.3. The van der Waals surface area contributed by atoms with Crippen molar-refractivity contribution >= 4 is 34.8 Å². The van der Waals surface area contributed by atoms with Crippen molar-refractivity contribution < 1.29 is 23.8 Å². The van der Waals surface area contributed by atoms with Crippen LogP contribution in [-0.4, -0.2) is 53.2 Å². The van der Waals surface area contributed by atoms with Crippen LogP contribution in [0.25, 0.3) is 0 Å². The molecule has 9 heteroatoms. The molecule has 1 saturated heterocycles. The second-order valence-electron chi connectivity index (χ2n) is 8.82. The molecule has 0 aromatic heterocycles. The van der Waals surface area contributed by atoms with Gasteiger partial charge in [0, 0.05) is 18.8 Å². The van der Waals surface area contributed by atoms with Gasteiger partial charge in [0.1, 0.15) is 11.8 Å². The van der Waals surface area contributed by atoms with Crippen LogP contribution in [0.4, 0.5) is 5.69 Å². The lowest BCUT2D eigenvalue weighted by atomic mass is 10.1. The Morgan fingerprint density at radius 1 is 1.03 bits per heavy atom. The van der Waals surface area contributed by atoms with Gasteiger partial charge in [0.25, 0.3) is 5.91 Å². The highest BCUT2D eigenvalue weighted by Gasteiger charge is 2.43. The van der Waals surface area contributed by atoms with Gasteiger partial charge in [-0.25, -0.2) is 0 Å². The summed E-state index contributed by atoms with van der Waals surface area (Å²) in [6.07, 6.45) is 0.632. The Hall–Kier alpha value is -4.11. The molecule has 0 bridgehead atoms. The van der Waals surface area contributed by atoms with Crippen molar-refractivity contribution in [3.63, 3.8) is 0 Å². The Morgan fingerprint density at radius 2 is 1.78 bits per heavy atom. The summed E-state index contributed by atoms with van der Waals surface area (Å²) < 4.78 is 16.1. The van der Waals surface area contributed by atoms with Gasteiger partial charge in [0.05, 0.1) is 13.5 Å². The average Bonchev–Trinajstić information content (AvgIpc) is 3.47.